The Morgan fingerprint density at radius 1 is 0.960 bits per heavy atom. The maximum Gasteiger partial charge on any atom is 0.253 e. The van der Waals surface area contributed by atoms with Gasteiger partial charge in [-0.3, -0.25) is 9.59 Å². The van der Waals surface area contributed by atoms with Crippen molar-refractivity contribution in [1.29, 1.82) is 0 Å². The standard InChI is InChI=1S/C20H17FN2O2/c1-23-13-16(9-12-18(23)24)20(25)22-19(14-5-3-2-4-6-14)15-7-10-17(21)11-8-15/h2-13,19H,1H3,(H,22,25)/t19-/m1/s1. The lowest BCUT2D eigenvalue weighted by Gasteiger charge is -2.20. The van der Waals surface area contributed by atoms with Crippen LogP contribution < -0.4 is 10.9 Å². The van der Waals surface area contributed by atoms with Crippen LogP contribution in [0, 0.1) is 5.82 Å². The molecule has 0 spiro atoms. The molecule has 126 valence electrons. The van der Waals surface area contributed by atoms with Crippen LogP contribution in [0.5, 0.6) is 0 Å². The zero-order chi connectivity index (χ0) is 17.8. The van der Waals surface area contributed by atoms with Crippen molar-refractivity contribution in [3.63, 3.8) is 0 Å². The zero-order valence-electron chi connectivity index (χ0n) is 13.6. The third-order valence-electron chi connectivity index (χ3n) is 3.96. The molecule has 1 N–H and O–H groups in total. The number of nitrogens with one attached hydrogen (secondary N) is 1. The lowest BCUT2D eigenvalue weighted by Crippen LogP contribution is -2.30. The molecule has 1 aromatic heterocycles. The first-order valence-corrected chi connectivity index (χ1v) is 7.82. The monoisotopic (exact) mass is 336 g/mol. The number of halogens is 1. The van der Waals surface area contributed by atoms with E-state index in [2.05, 4.69) is 5.32 Å². The predicted octanol–water partition coefficient (Wildman–Crippen LogP) is 3.04. The highest BCUT2D eigenvalue weighted by Crippen LogP contribution is 2.22. The lowest BCUT2D eigenvalue weighted by molar-refractivity contribution is 0.0942. The molecule has 0 fully saturated rings. The average Bonchev–Trinajstić information content (AvgIpc) is 2.63. The molecule has 0 radical (unpaired) electrons. The van der Waals surface area contributed by atoms with Gasteiger partial charge in [0, 0.05) is 19.3 Å². The number of hydrogen-bond acceptors (Lipinski definition) is 2. The van der Waals surface area contributed by atoms with Crippen LogP contribution in [0.1, 0.15) is 27.5 Å². The van der Waals surface area contributed by atoms with Gasteiger partial charge < -0.3 is 9.88 Å². The number of pyridine rings is 1. The number of nitrogens with zero attached hydrogens (tertiary/aromatic N) is 1. The minimum Gasteiger partial charge on any atom is -0.341 e. The molecule has 3 rings (SSSR count). The molecule has 1 atom stereocenters. The molecule has 25 heavy (non-hydrogen) atoms. The third kappa shape index (κ3) is 3.83. The Morgan fingerprint density at radius 2 is 1.60 bits per heavy atom. The molecule has 5 heteroatoms. The van der Waals surface area contributed by atoms with Crippen LogP contribution in [0.3, 0.4) is 0 Å². The number of benzene rings is 2. The molecule has 1 heterocycles. The summed E-state index contributed by atoms with van der Waals surface area (Å²) in [6.07, 6.45) is 1.49. The second-order valence-corrected chi connectivity index (χ2v) is 5.74. The van der Waals surface area contributed by atoms with Gasteiger partial charge in [-0.25, -0.2) is 4.39 Å². The Labute approximate surface area is 144 Å². The number of aromatic nitrogens is 1. The van der Waals surface area contributed by atoms with Crippen LogP contribution in [0.2, 0.25) is 0 Å². The molecule has 4 nitrogen and oxygen atoms in total. The number of amides is 1. The molecule has 0 saturated carbocycles. The summed E-state index contributed by atoms with van der Waals surface area (Å²) in [4.78, 5) is 24.1. The Bertz CT molecular complexity index is 934. The molecule has 0 aliphatic rings. The lowest BCUT2D eigenvalue weighted by atomic mass is 9.98. The minimum atomic E-state index is -0.425. The van der Waals surface area contributed by atoms with Gasteiger partial charge in [-0.1, -0.05) is 42.5 Å². The Balaban J connectivity index is 1.94. The predicted molar refractivity (Wildman–Crippen MR) is 93.8 cm³/mol. The fourth-order valence-corrected chi connectivity index (χ4v) is 2.60. The van der Waals surface area contributed by atoms with E-state index in [0.717, 1.165) is 11.1 Å². The highest BCUT2D eigenvalue weighted by Gasteiger charge is 2.18. The first kappa shape index (κ1) is 16.6. The quantitative estimate of drug-likeness (QED) is 0.796. The molecule has 2 aromatic carbocycles. The van der Waals surface area contributed by atoms with Crippen LogP contribution in [0.4, 0.5) is 4.39 Å². The van der Waals surface area contributed by atoms with Crippen molar-refractivity contribution in [3.8, 4) is 0 Å². The van der Waals surface area contributed by atoms with Crippen molar-refractivity contribution >= 4 is 5.91 Å². The first-order chi connectivity index (χ1) is 12.0. The van der Waals surface area contributed by atoms with Gasteiger partial charge in [0.1, 0.15) is 5.82 Å². The van der Waals surface area contributed by atoms with Crippen molar-refractivity contribution < 1.29 is 9.18 Å². The van der Waals surface area contributed by atoms with Crippen molar-refractivity contribution in [1.82, 2.24) is 9.88 Å². The molecule has 3 aromatic rings. The Hall–Kier alpha value is -3.21. The van der Waals surface area contributed by atoms with E-state index in [4.69, 9.17) is 0 Å². The van der Waals surface area contributed by atoms with E-state index in [-0.39, 0.29) is 17.3 Å². The number of hydrogen-bond donors (Lipinski definition) is 1. The van der Waals surface area contributed by atoms with Crippen molar-refractivity contribution in [2.75, 3.05) is 0 Å². The van der Waals surface area contributed by atoms with E-state index < -0.39 is 6.04 Å². The number of aryl methyl sites for hydroxylation is 1. The fourth-order valence-electron chi connectivity index (χ4n) is 2.60. The molecular weight excluding hydrogens is 319 g/mol. The van der Waals surface area contributed by atoms with Gasteiger partial charge in [0.25, 0.3) is 5.91 Å². The summed E-state index contributed by atoms with van der Waals surface area (Å²) in [7, 11) is 1.59. The van der Waals surface area contributed by atoms with Gasteiger partial charge >= 0.3 is 0 Å². The molecule has 0 saturated heterocycles. The van der Waals surface area contributed by atoms with Crippen LogP contribution in [0.25, 0.3) is 0 Å². The summed E-state index contributed by atoms with van der Waals surface area (Å²) in [6.45, 7) is 0. The molecule has 0 unspecified atom stereocenters. The number of rotatable bonds is 4. The molecule has 0 aliphatic carbocycles. The maximum absolute atomic E-state index is 13.2. The second kappa shape index (κ2) is 7.13. The van der Waals surface area contributed by atoms with Crippen LogP contribution in [0.15, 0.2) is 77.7 Å². The van der Waals surface area contributed by atoms with Crippen LogP contribution in [-0.2, 0) is 7.05 Å². The van der Waals surface area contributed by atoms with E-state index in [1.807, 2.05) is 30.3 Å². The van der Waals surface area contributed by atoms with Gasteiger partial charge in [0.15, 0.2) is 0 Å². The van der Waals surface area contributed by atoms with Gasteiger partial charge in [-0.15, -0.1) is 0 Å². The summed E-state index contributed by atoms with van der Waals surface area (Å²) in [5.41, 5.74) is 1.85. The molecular formula is C20H17FN2O2. The maximum atomic E-state index is 13.2. The highest BCUT2D eigenvalue weighted by molar-refractivity contribution is 5.94. The molecule has 0 bridgehead atoms. The summed E-state index contributed by atoms with van der Waals surface area (Å²) in [6, 6.07) is 17.9. The van der Waals surface area contributed by atoms with E-state index in [9.17, 15) is 14.0 Å². The first-order valence-electron chi connectivity index (χ1n) is 7.82. The largest absolute Gasteiger partial charge is 0.341 e. The van der Waals surface area contributed by atoms with Crippen molar-refractivity contribution in [2.45, 2.75) is 6.04 Å². The Kier molecular flexibility index (Phi) is 4.75. The zero-order valence-corrected chi connectivity index (χ0v) is 13.6. The summed E-state index contributed by atoms with van der Waals surface area (Å²) >= 11 is 0. The smallest absolute Gasteiger partial charge is 0.253 e. The number of carbonyl (C=O) groups excluding carboxylic acids is 1. The fraction of sp³-hybridized carbons (Fsp3) is 0.100. The third-order valence-corrected chi connectivity index (χ3v) is 3.96. The summed E-state index contributed by atoms with van der Waals surface area (Å²) in [5.74, 6) is -0.645. The van der Waals surface area contributed by atoms with Crippen LogP contribution >= 0.6 is 0 Å². The molecule has 1 amide bonds. The SMILES string of the molecule is Cn1cc(C(=O)N[C@H](c2ccccc2)c2ccc(F)cc2)ccc1=O. The normalized spacial score (nSPS) is 11.8. The van der Waals surface area contributed by atoms with Gasteiger partial charge in [0.2, 0.25) is 5.56 Å². The summed E-state index contributed by atoms with van der Waals surface area (Å²) < 4.78 is 14.6. The topological polar surface area (TPSA) is 51.1 Å². The average molecular weight is 336 g/mol. The minimum absolute atomic E-state index is 0.185. The second-order valence-electron chi connectivity index (χ2n) is 5.74. The molecule has 0 aliphatic heterocycles. The van der Waals surface area contributed by atoms with E-state index >= 15 is 0 Å². The van der Waals surface area contributed by atoms with Crippen molar-refractivity contribution in [3.05, 3.63) is 106 Å². The Morgan fingerprint density at radius 3 is 2.24 bits per heavy atom. The van der Waals surface area contributed by atoms with Gasteiger partial charge in [0.05, 0.1) is 11.6 Å². The van der Waals surface area contributed by atoms with E-state index in [1.54, 1.807) is 19.2 Å². The summed E-state index contributed by atoms with van der Waals surface area (Å²) in [5, 5.41) is 2.96. The van der Waals surface area contributed by atoms with Crippen LogP contribution in [-0.4, -0.2) is 10.5 Å². The number of carbonyl (C=O) groups is 1. The van der Waals surface area contributed by atoms with Crippen molar-refractivity contribution in [2.24, 2.45) is 7.05 Å². The highest BCUT2D eigenvalue weighted by atomic mass is 19.1. The van der Waals surface area contributed by atoms with Gasteiger partial charge in [-0.05, 0) is 29.3 Å². The van der Waals surface area contributed by atoms with Gasteiger partial charge in [-0.2, -0.15) is 0 Å². The van der Waals surface area contributed by atoms with E-state index in [0.29, 0.717) is 5.56 Å². The van der Waals surface area contributed by atoms with E-state index in [1.165, 1.54) is 35.0 Å².